The Bertz CT molecular complexity index is 612. The van der Waals surface area contributed by atoms with Gasteiger partial charge < -0.3 is 19.2 Å². The van der Waals surface area contributed by atoms with Gasteiger partial charge in [0, 0.05) is 13.2 Å². The number of nitrogens with one attached hydrogen (secondary N) is 1. The first-order chi connectivity index (χ1) is 10.6. The van der Waals surface area contributed by atoms with E-state index in [1.807, 2.05) is 6.92 Å². The molecule has 6 nitrogen and oxygen atoms in total. The molecule has 1 heterocycles. The lowest BCUT2D eigenvalue weighted by Gasteiger charge is -2.10. The van der Waals surface area contributed by atoms with Crippen LogP contribution in [0.25, 0.3) is 0 Å². The van der Waals surface area contributed by atoms with Gasteiger partial charge in [-0.1, -0.05) is 0 Å². The second-order valence-electron chi connectivity index (χ2n) is 4.70. The standard InChI is InChI=1S/C15H17FN2O4/c1-10(7-20-2)17-15(19)13-8-22-14(18-13)9-21-12-5-3-11(16)4-6-12/h3-6,8,10H,7,9H2,1-2H3,(H,17,19). The lowest BCUT2D eigenvalue weighted by molar-refractivity contribution is 0.0900. The van der Waals surface area contributed by atoms with Crippen LogP contribution in [-0.4, -0.2) is 30.6 Å². The number of oxazole rings is 1. The van der Waals surface area contributed by atoms with Gasteiger partial charge in [-0.15, -0.1) is 0 Å². The van der Waals surface area contributed by atoms with Crippen molar-refractivity contribution in [3.8, 4) is 5.75 Å². The Labute approximate surface area is 127 Å². The van der Waals surface area contributed by atoms with Crippen LogP contribution < -0.4 is 10.1 Å². The fourth-order valence-electron chi connectivity index (χ4n) is 1.75. The van der Waals surface area contributed by atoms with Crippen LogP contribution in [0, 0.1) is 5.82 Å². The summed E-state index contributed by atoms with van der Waals surface area (Å²) in [6.45, 7) is 2.27. The summed E-state index contributed by atoms with van der Waals surface area (Å²) in [7, 11) is 1.56. The summed E-state index contributed by atoms with van der Waals surface area (Å²) in [6, 6.07) is 5.45. The molecular weight excluding hydrogens is 291 g/mol. The SMILES string of the molecule is COCC(C)NC(=O)c1coc(COc2ccc(F)cc2)n1. The first-order valence-electron chi connectivity index (χ1n) is 6.71. The molecule has 0 spiro atoms. The molecule has 1 N–H and O–H groups in total. The number of carbonyl (C=O) groups excluding carboxylic acids is 1. The summed E-state index contributed by atoms with van der Waals surface area (Å²) < 4.78 is 28.3. The van der Waals surface area contributed by atoms with E-state index in [0.717, 1.165) is 0 Å². The van der Waals surface area contributed by atoms with Crippen LogP contribution in [-0.2, 0) is 11.3 Å². The number of hydrogen-bond acceptors (Lipinski definition) is 5. The molecule has 0 aliphatic heterocycles. The van der Waals surface area contributed by atoms with Gasteiger partial charge in [0.1, 0.15) is 17.8 Å². The first-order valence-corrected chi connectivity index (χ1v) is 6.71. The van der Waals surface area contributed by atoms with Crippen LogP contribution in [0.3, 0.4) is 0 Å². The Morgan fingerprint density at radius 1 is 1.41 bits per heavy atom. The van der Waals surface area contributed by atoms with Crippen LogP contribution in [0.4, 0.5) is 4.39 Å². The number of hydrogen-bond donors (Lipinski definition) is 1. The predicted octanol–water partition coefficient (Wildman–Crippen LogP) is 2.16. The van der Waals surface area contributed by atoms with Crippen molar-refractivity contribution in [1.82, 2.24) is 10.3 Å². The van der Waals surface area contributed by atoms with Gasteiger partial charge in [0.05, 0.1) is 6.61 Å². The zero-order valence-corrected chi connectivity index (χ0v) is 12.3. The van der Waals surface area contributed by atoms with E-state index in [1.165, 1.54) is 30.5 Å². The Kier molecular flexibility index (Phi) is 5.48. The molecule has 0 fully saturated rings. The van der Waals surface area contributed by atoms with E-state index in [1.54, 1.807) is 7.11 Å². The largest absolute Gasteiger partial charge is 0.484 e. The smallest absolute Gasteiger partial charge is 0.273 e. The van der Waals surface area contributed by atoms with Crippen molar-refractivity contribution >= 4 is 5.91 Å². The molecule has 1 aromatic carbocycles. The summed E-state index contributed by atoms with van der Waals surface area (Å²) in [5.41, 5.74) is 0.167. The molecule has 2 aromatic rings. The van der Waals surface area contributed by atoms with E-state index in [9.17, 15) is 9.18 Å². The number of methoxy groups -OCH3 is 1. The average Bonchev–Trinajstić information content (AvgIpc) is 2.96. The van der Waals surface area contributed by atoms with E-state index in [-0.39, 0.29) is 36.0 Å². The number of aromatic nitrogens is 1. The van der Waals surface area contributed by atoms with Crippen molar-refractivity contribution in [2.45, 2.75) is 19.6 Å². The quantitative estimate of drug-likeness (QED) is 0.848. The molecule has 1 amide bonds. The predicted molar refractivity (Wildman–Crippen MR) is 76.0 cm³/mol. The monoisotopic (exact) mass is 308 g/mol. The number of benzene rings is 1. The molecule has 1 unspecified atom stereocenters. The molecule has 0 saturated heterocycles. The minimum absolute atomic E-state index is 0.0482. The second kappa shape index (κ2) is 7.56. The molecule has 0 aliphatic carbocycles. The number of amides is 1. The zero-order chi connectivity index (χ0) is 15.9. The van der Waals surface area contributed by atoms with Gasteiger partial charge in [0.15, 0.2) is 12.3 Å². The highest BCUT2D eigenvalue weighted by molar-refractivity contribution is 5.92. The third kappa shape index (κ3) is 4.56. The molecule has 0 bridgehead atoms. The van der Waals surface area contributed by atoms with E-state index in [2.05, 4.69) is 10.3 Å². The number of nitrogens with zero attached hydrogens (tertiary/aromatic N) is 1. The minimum atomic E-state index is -0.346. The van der Waals surface area contributed by atoms with E-state index in [0.29, 0.717) is 12.4 Å². The maximum atomic E-state index is 12.8. The highest BCUT2D eigenvalue weighted by Gasteiger charge is 2.14. The van der Waals surface area contributed by atoms with Crippen molar-refractivity contribution in [2.75, 3.05) is 13.7 Å². The van der Waals surface area contributed by atoms with Crippen molar-refractivity contribution < 1.29 is 23.1 Å². The van der Waals surface area contributed by atoms with Crippen molar-refractivity contribution in [1.29, 1.82) is 0 Å². The number of carbonyl (C=O) groups is 1. The van der Waals surface area contributed by atoms with Gasteiger partial charge in [-0.05, 0) is 31.2 Å². The molecular formula is C15H17FN2O4. The van der Waals surface area contributed by atoms with Gasteiger partial charge in [0.25, 0.3) is 5.91 Å². The average molecular weight is 308 g/mol. The molecule has 22 heavy (non-hydrogen) atoms. The highest BCUT2D eigenvalue weighted by atomic mass is 19.1. The second-order valence-corrected chi connectivity index (χ2v) is 4.70. The Morgan fingerprint density at radius 3 is 2.82 bits per heavy atom. The highest BCUT2D eigenvalue weighted by Crippen LogP contribution is 2.13. The fraction of sp³-hybridized carbons (Fsp3) is 0.333. The molecule has 1 aromatic heterocycles. The van der Waals surface area contributed by atoms with E-state index in [4.69, 9.17) is 13.9 Å². The van der Waals surface area contributed by atoms with Gasteiger partial charge in [-0.25, -0.2) is 9.37 Å². The van der Waals surface area contributed by atoms with Crippen molar-refractivity contribution in [3.05, 3.63) is 47.9 Å². The molecule has 0 aliphatic rings. The third-order valence-corrected chi connectivity index (χ3v) is 2.75. The Hall–Kier alpha value is -2.41. The molecule has 1 atom stereocenters. The lowest BCUT2D eigenvalue weighted by Crippen LogP contribution is -2.35. The summed E-state index contributed by atoms with van der Waals surface area (Å²) in [4.78, 5) is 15.9. The van der Waals surface area contributed by atoms with Crippen LogP contribution in [0.5, 0.6) is 5.75 Å². The fourth-order valence-corrected chi connectivity index (χ4v) is 1.75. The minimum Gasteiger partial charge on any atom is -0.484 e. The van der Waals surface area contributed by atoms with Crippen molar-refractivity contribution in [2.24, 2.45) is 0 Å². The zero-order valence-electron chi connectivity index (χ0n) is 12.3. The number of rotatable bonds is 7. The normalized spacial score (nSPS) is 12.0. The maximum absolute atomic E-state index is 12.8. The summed E-state index contributed by atoms with van der Waals surface area (Å²) in [5, 5.41) is 2.72. The van der Waals surface area contributed by atoms with Crippen molar-refractivity contribution in [3.63, 3.8) is 0 Å². The molecule has 2 rings (SSSR count). The van der Waals surface area contributed by atoms with Crippen LogP contribution in [0.1, 0.15) is 23.3 Å². The summed E-state index contributed by atoms with van der Waals surface area (Å²) >= 11 is 0. The number of halogens is 1. The van der Waals surface area contributed by atoms with Gasteiger partial charge in [0.2, 0.25) is 5.89 Å². The molecule has 7 heteroatoms. The van der Waals surface area contributed by atoms with Gasteiger partial charge in [-0.2, -0.15) is 0 Å². The van der Waals surface area contributed by atoms with Crippen LogP contribution in [0.15, 0.2) is 34.9 Å². The molecule has 0 saturated carbocycles. The summed E-state index contributed by atoms with van der Waals surface area (Å²) in [6.07, 6.45) is 1.26. The lowest BCUT2D eigenvalue weighted by atomic mass is 10.3. The number of ether oxygens (including phenoxy) is 2. The van der Waals surface area contributed by atoms with Crippen LogP contribution >= 0.6 is 0 Å². The Morgan fingerprint density at radius 2 is 2.14 bits per heavy atom. The maximum Gasteiger partial charge on any atom is 0.273 e. The summed E-state index contributed by atoms with van der Waals surface area (Å²) in [5.74, 6) is 0.0575. The van der Waals surface area contributed by atoms with Gasteiger partial charge >= 0.3 is 0 Å². The van der Waals surface area contributed by atoms with E-state index >= 15 is 0 Å². The van der Waals surface area contributed by atoms with E-state index < -0.39 is 0 Å². The topological polar surface area (TPSA) is 73.6 Å². The van der Waals surface area contributed by atoms with Crippen LogP contribution in [0.2, 0.25) is 0 Å². The first kappa shape index (κ1) is 16.0. The third-order valence-electron chi connectivity index (χ3n) is 2.75. The Balaban J connectivity index is 1.88. The van der Waals surface area contributed by atoms with Gasteiger partial charge in [-0.3, -0.25) is 4.79 Å². The molecule has 0 radical (unpaired) electrons. The molecule has 118 valence electrons.